The molecule has 3 atom stereocenters. The summed E-state index contributed by atoms with van der Waals surface area (Å²) in [5, 5.41) is 0.0798. The van der Waals surface area contributed by atoms with Crippen molar-refractivity contribution in [3.8, 4) is 0 Å². The third kappa shape index (κ3) is 5.01. The van der Waals surface area contributed by atoms with Crippen molar-refractivity contribution in [2.75, 3.05) is 18.1 Å². The third-order valence-electron chi connectivity index (χ3n) is 6.09. The first-order chi connectivity index (χ1) is 14.5. The molecule has 0 bridgehead atoms. The Kier molecular flexibility index (Phi) is 6.85. The number of aromatic amines is 1. The van der Waals surface area contributed by atoms with Crippen molar-refractivity contribution in [1.29, 1.82) is 0 Å². The Hall–Kier alpha value is -0.203. The minimum Gasteiger partial charge on any atom is -0.411 e. The highest BCUT2D eigenvalue weighted by Gasteiger charge is 2.46. The summed E-state index contributed by atoms with van der Waals surface area (Å²) in [7, 11) is -2.03. The number of rotatable bonds is 6. The summed E-state index contributed by atoms with van der Waals surface area (Å²) < 4.78 is 19.4. The molecule has 2 saturated heterocycles. The van der Waals surface area contributed by atoms with Crippen LogP contribution in [0.4, 0.5) is 0 Å². The van der Waals surface area contributed by atoms with Gasteiger partial charge in [0.15, 0.2) is 24.1 Å². The predicted molar refractivity (Wildman–Crippen MR) is 134 cm³/mol. The van der Waals surface area contributed by atoms with Crippen LogP contribution in [0.15, 0.2) is 17.4 Å². The van der Waals surface area contributed by atoms with Gasteiger partial charge in [0.05, 0.1) is 25.4 Å². The normalized spacial score (nSPS) is 26.7. The van der Waals surface area contributed by atoms with Crippen LogP contribution < -0.4 is 5.56 Å². The van der Waals surface area contributed by atoms with Crippen molar-refractivity contribution in [2.24, 2.45) is 0 Å². The minimum absolute atomic E-state index is 0.0798. The Labute approximate surface area is 196 Å². The van der Waals surface area contributed by atoms with Crippen LogP contribution in [0.25, 0.3) is 11.2 Å². The first-order valence-corrected chi connectivity index (χ1v) is 19.1. The highest BCUT2D eigenvalue weighted by Crippen LogP contribution is 2.74. The fourth-order valence-electron chi connectivity index (χ4n) is 3.35. The van der Waals surface area contributed by atoms with Gasteiger partial charge >= 0.3 is 0 Å². The highest BCUT2D eigenvalue weighted by atomic mass is 33.2. The molecule has 2 aliphatic rings. The Bertz CT molecular complexity index is 1050. The van der Waals surface area contributed by atoms with E-state index >= 15 is 0 Å². The molecule has 4 rings (SSSR count). The molecule has 31 heavy (non-hydrogen) atoms. The predicted octanol–water partition coefficient (Wildman–Crippen LogP) is 4.52. The quantitative estimate of drug-likeness (QED) is 0.436. The van der Waals surface area contributed by atoms with E-state index in [2.05, 4.69) is 48.8 Å². The van der Waals surface area contributed by atoms with Gasteiger partial charge in [0.2, 0.25) is 0 Å². The zero-order chi connectivity index (χ0) is 22.4. The topological polar surface area (TPSA) is 91.3 Å². The van der Waals surface area contributed by atoms with Crippen LogP contribution >= 0.6 is 27.4 Å². The van der Waals surface area contributed by atoms with Crippen molar-refractivity contribution in [1.82, 2.24) is 19.5 Å². The van der Waals surface area contributed by atoms with Gasteiger partial charge in [-0.05, 0) is 29.9 Å². The Morgan fingerprint density at radius 2 is 2.06 bits per heavy atom. The molecule has 2 fully saturated rings. The smallest absolute Gasteiger partial charge is 0.278 e. The molecule has 4 heterocycles. The van der Waals surface area contributed by atoms with E-state index < -0.39 is 13.0 Å². The van der Waals surface area contributed by atoms with Gasteiger partial charge in [-0.3, -0.25) is 9.36 Å². The van der Waals surface area contributed by atoms with Gasteiger partial charge in [-0.1, -0.05) is 43.5 Å². The molecule has 0 amide bonds. The van der Waals surface area contributed by atoms with Crippen molar-refractivity contribution in [3.63, 3.8) is 0 Å². The molecule has 0 saturated carbocycles. The summed E-state index contributed by atoms with van der Waals surface area (Å²) in [6, 6.07) is 0. The number of hydrogen-bond acceptors (Lipinski definition) is 9. The van der Waals surface area contributed by atoms with Gasteiger partial charge in [0.25, 0.3) is 5.56 Å². The van der Waals surface area contributed by atoms with E-state index in [1.54, 1.807) is 29.1 Å². The maximum absolute atomic E-state index is 12.1. The van der Waals surface area contributed by atoms with Crippen LogP contribution in [0.3, 0.4) is 0 Å². The summed E-state index contributed by atoms with van der Waals surface area (Å²) in [5.41, 5.74) is 0.557. The number of ether oxygens (including phenoxy) is 1. The fourth-order valence-corrected chi connectivity index (χ4v) is 13.6. The maximum atomic E-state index is 12.1. The third-order valence-corrected chi connectivity index (χ3v) is 20.5. The number of H-pyrrole nitrogens is 1. The molecule has 0 unspecified atom stereocenters. The second-order valence-corrected chi connectivity index (χ2v) is 24.7. The zero-order valence-electron chi connectivity index (χ0n) is 18.4. The summed E-state index contributed by atoms with van der Waals surface area (Å²) in [6.45, 7) is 11.6. The number of imidazole rings is 1. The molecule has 172 valence electrons. The Morgan fingerprint density at radius 1 is 1.35 bits per heavy atom. The van der Waals surface area contributed by atoms with Gasteiger partial charge < -0.3 is 18.7 Å². The summed E-state index contributed by atoms with van der Waals surface area (Å²) in [6.07, 6.45) is 2.97. The van der Waals surface area contributed by atoms with Crippen molar-refractivity contribution in [2.45, 2.75) is 63.8 Å². The Balaban J connectivity index is 1.58. The lowest BCUT2D eigenvalue weighted by molar-refractivity contribution is -0.0336. The molecule has 0 aliphatic carbocycles. The van der Waals surface area contributed by atoms with Crippen LogP contribution in [0.2, 0.25) is 18.1 Å². The molecule has 0 radical (unpaired) electrons. The second kappa shape index (κ2) is 8.86. The van der Waals surface area contributed by atoms with Crippen molar-refractivity contribution < 1.29 is 13.7 Å². The van der Waals surface area contributed by atoms with Crippen LogP contribution in [-0.2, 0) is 25.5 Å². The number of fused-ring (bicyclic) bond motifs is 1. The zero-order valence-corrected chi connectivity index (χ0v) is 22.7. The lowest BCUT2D eigenvalue weighted by Crippen LogP contribution is -2.46. The van der Waals surface area contributed by atoms with E-state index in [1.165, 1.54) is 6.33 Å². The average Bonchev–Trinajstić information content (AvgIpc) is 3.38. The van der Waals surface area contributed by atoms with Crippen LogP contribution in [0, 0.1) is 0 Å². The standard InChI is InChI=1S/C18H29N4O4PS3Si/c1-18(2,3)31(4,5)26-12-8-14(22-11-21-15-16(22)19-10-20-17(15)23)25-13(12)9-24-27(28)29-6-7-30-27/h10-14H,6-9H2,1-5H3,(H,19,20,23)/t12-,13+,14+/m0/s1. The van der Waals surface area contributed by atoms with E-state index in [-0.39, 0.29) is 29.0 Å². The molecular weight excluding hydrogens is 491 g/mol. The summed E-state index contributed by atoms with van der Waals surface area (Å²) in [5.74, 6) is 2.09. The molecule has 2 aromatic rings. The molecule has 1 N–H and O–H groups in total. The molecule has 0 spiro atoms. The second-order valence-electron chi connectivity index (χ2n) is 9.25. The first-order valence-electron chi connectivity index (χ1n) is 10.3. The first kappa shape index (κ1) is 23.9. The molecule has 0 aromatic carbocycles. The van der Waals surface area contributed by atoms with E-state index in [0.29, 0.717) is 24.2 Å². The molecule has 13 heteroatoms. The SMILES string of the molecule is CC(C)(C)[Si](C)(C)O[C@H]1C[C@H](n2cnc3c(=O)[nH]cnc32)O[C@@H]1COP1(=S)SCCS1. The maximum Gasteiger partial charge on any atom is 0.278 e. The average molecular weight is 521 g/mol. The van der Waals surface area contributed by atoms with Gasteiger partial charge in [0, 0.05) is 17.9 Å². The lowest BCUT2D eigenvalue weighted by atomic mass is 10.2. The monoisotopic (exact) mass is 520 g/mol. The van der Waals surface area contributed by atoms with E-state index in [1.807, 2.05) is 4.57 Å². The van der Waals surface area contributed by atoms with E-state index in [0.717, 1.165) is 11.5 Å². The van der Waals surface area contributed by atoms with Crippen molar-refractivity contribution >= 4 is 58.7 Å². The van der Waals surface area contributed by atoms with Crippen LogP contribution in [0.1, 0.15) is 33.4 Å². The van der Waals surface area contributed by atoms with Crippen molar-refractivity contribution in [3.05, 3.63) is 23.0 Å². The lowest BCUT2D eigenvalue weighted by Gasteiger charge is -2.39. The molecule has 2 aliphatic heterocycles. The fraction of sp³-hybridized carbons (Fsp3) is 0.722. The van der Waals surface area contributed by atoms with Gasteiger partial charge in [-0.15, -0.1) is 0 Å². The number of nitrogens with one attached hydrogen (secondary N) is 1. The summed E-state index contributed by atoms with van der Waals surface area (Å²) >= 11 is 9.29. The molecule has 2 aromatic heterocycles. The van der Waals surface area contributed by atoms with E-state index in [9.17, 15) is 4.79 Å². The van der Waals surface area contributed by atoms with Gasteiger partial charge in [0.1, 0.15) is 12.3 Å². The minimum atomic E-state index is -2.03. The van der Waals surface area contributed by atoms with Crippen LogP contribution in [0.5, 0.6) is 0 Å². The number of aromatic nitrogens is 4. The van der Waals surface area contributed by atoms with Crippen LogP contribution in [-0.4, -0.2) is 58.2 Å². The van der Waals surface area contributed by atoms with E-state index in [4.69, 9.17) is 25.5 Å². The summed E-state index contributed by atoms with van der Waals surface area (Å²) in [4.78, 5) is 23.2. The molecule has 8 nitrogen and oxygen atoms in total. The number of hydrogen-bond donors (Lipinski definition) is 1. The largest absolute Gasteiger partial charge is 0.411 e. The van der Waals surface area contributed by atoms with Gasteiger partial charge in [-0.2, -0.15) is 0 Å². The Morgan fingerprint density at radius 3 is 2.74 bits per heavy atom. The number of nitrogens with zero attached hydrogens (tertiary/aromatic N) is 3. The van der Waals surface area contributed by atoms with Gasteiger partial charge in [-0.25, -0.2) is 9.97 Å². The molecular formula is C18H29N4O4PS3Si. The highest BCUT2D eigenvalue weighted by molar-refractivity contribution is 9.00.